The van der Waals surface area contributed by atoms with Gasteiger partial charge in [0.05, 0.1) is 0 Å². The summed E-state index contributed by atoms with van der Waals surface area (Å²) in [5.41, 5.74) is 4.74. The number of rotatable bonds is 1. The summed E-state index contributed by atoms with van der Waals surface area (Å²) in [5, 5.41) is 0. The van der Waals surface area contributed by atoms with Crippen molar-refractivity contribution >= 4 is 24.5 Å². The predicted molar refractivity (Wildman–Crippen MR) is 65.9 cm³/mol. The van der Waals surface area contributed by atoms with Gasteiger partial charge in [0.25, 0.3) is 0 Å². The summed E-state index contributed by atoms with van der Waals surface area (Å²) >= 11 is 0.0484. The van der Waals surface area contributed by atoms with Gasteiger partial charge in [-0.05, 0) is 0 Å². The van der Waals surface area contributed by atoms with Crippen LogP contribution in [0.2, 0.25) is 4.97 Å². The van der Waals surface area contributed by atoms with E-state index in [1.54, 1.807) is 3.61 Å². The molecule has 0 bridgehead atoms. The summed E-state index contributed by atoms with van der Waals surface area (Å²) in [6, 6.07) is 4.79. The van der Waals surface area contributed by atoms with E-state index in [9.17, 15) is 0 Å². The van der Waals surface area contributed by atoms with Crippen molar-refractivity contribution < 1.29 is 0 Å². The Morgan fingerprint density at radius 3 is 2.07 bits per heavy atom. The molecule has 0 aliphatic heterocycles. The van der Waals surface area contributed by atoms with Crippen molar-refractivity contribution in [3.63, 3.8) is 0 Å². The average Bonchev–Trinajstić information content (AvgIpc) is 2.07. The molecule has 0 nitrogen and oxygen atoms in total. The number of hydrogen-bond acceptors (Lipinski definition) is 0. The van der Waals surface area contributed by atoms with E-state index in [0.29, 0.717) is 0 Å². The minimum atomic E-state index is 0.0484. The molecule has 1 aromatic rings. The monoisotopic (exact) mass is 306 g/mol. The van der Waals surface area contributed by atoms with Gasteiger partial charge >= 0.3 is 98.4 Å². The van der Waals surface area contributed by atoms with Crippen LogP contribution in [0.4, 0.5) is 0 Å². The number of hydrogen-bond donors (Lipinski definition) is 0. The molecule has 0 unspecified atom stereocenters. The minimum absolute atomic E-state index is 0.0484. The third-order valence-corrected chi connectivity index (χ3v) is 4.70. The van der Waals surface area contributed by atoms with Crippen molar-refractivity contribution in [2.75, 3.05) is 0 Å². The van der Waals surface area contributed by atoms with Crippen molar-refractivity contribution in [3.8, 4) is 0 Å². The topological polar surface area (TPSA) is 0 Å². The Morgan fingerprint density at radius 2 is 1.64 bits per heavy atom. The van der Waals surface area contributed by atoms with Gasteiger partial charge in [0, 0.05) is 0 Å². The van der Waals surface area contributed by atoms with Crippen LogP contribution in [0, 0.1) is 13.8 Å². The van der Waals surface area contributed by atoms with E-state index >= 15 is 0 Å². The fourth-order valence-corrected chi connectivity index (χ4v) is 3.24. The van der Waals surface area contributed by atoms with Crippen LogP contribution in [0.3, 0.4) is 0 Å². The van der Waals surface area contributed by atoms with E-state index in [0.717, 1.165) is 0 Å². The molecule has 0 aromatic heterocycles. The molecule has 0 saturated heterocycles. The van der Waals surface area contributed by atoms with E-state index in [2.05, 4.69) is 51.7 Å². The van der Waals surface area contributed by atoms with Crippen molar-refractivity contribution in [1.29, 1.82) is 0 Å². The van der Waals surface area contributed by atoms with E-state index in [1.807, 2.05) is 0 Å². The maximum absolute atomic E-state index is 2.42. The van der Waals surface area contributed by atoms with Gasteiger partial charge in [-0.2, -0.15) is 0 Å². The van der Waals surface area contributed by atoms with Crippen LogP contribution >= 0.6 is 0 Å². The molecule has 0 atom stereocenters. The first-order valence-corrected chi connectivity index (χ1v) is 8.51. The van der Waals surface area contributed by atoms with Gasteiger partial charge in [-0.3, -0.25) is 0 Å². The van der Waals surface area contributed by atoms with E-state index in [-0.39, 0.29) is 26.3 Å². The van der Waals surface area contributed by atoms with Crippen LogP contribution in [-0.2, 0) is 5.41 Å². The number of aryl methyl sites for hydroxylation is 1. The SMILES string of the molecule is C[Te]c1cc(C)c(C)c(C(C)(C)C)c1. The molecule has 0 spiro atoms. The first kappa shape index (κ1) is 12.1. The van der Waals surface area contributed by atoms with Crippen LogP contribution in [0.15, 0.2) is 12.1 Å². The Hall–Kier alpha value is 0.00961. The summed E-state index contributed by atoms with van der Waals surface area (Å²) in [5.74, 6) is 0. The molecule has 0 amide bonds. The van der Waals surface area contributed by atoms with Crippen molar-refractivity contribution in [2.45, 2.75) is 45.0 Å². The molecular weight excluding hydrogens is 284 g/mol. The molecular formula is C13H20Te. The van der Waals surface area contributed by atoms with Crippen LogP contribution in [0.25, 0.3) is 0 Å². The third kappa shape index (κ3) is 2.53. The normalized spacial score (nSPS) is 11.9. The molecule has 0 N–H and O–H groups in total. The van der Waals surface area contributed by atoms with Gasteiger partial charge in [0.15, 0.2) is 0 Å². The Kier molecular flexibility index (Phi) is 3.67. The Morgan fingerprint density at radius 1 is 1.07 bits per heavy atom. The van der Waals surface area contributed by atoms with Gasteiger partial charge in [0.1, 0.15) is 0 Å². The second-order valence-corrected chi connectivity index (χ2v) is 7.38. The summed E-state index contributed by atoms with van der Waals surface area (Å²) in [4.78, 5) is 2.35. The molecule has 1 aromatic carbocycles. The predicted octanol–water partition coefficient (Wildman–Crippen LogP) is 2.98. The summed E-state index contributed by atoms with van der Waals surface area (Å²) in [7, 11) is 0. The molecule has 78 valence electrons. The van der Waals surface area contributed by atoms with Crippen molar-refractivity contribution in [3.05, 3.63) is 28.8 Å². The Balaban J connectivity index is 3.35. The average molecular weight is 304 g/mol. The van der Waals surface area contributed by atoms with Gasteiger partial charge in [-0.15, -0.1) is 0 Å². The summed E-state index contributed by atoms with van der Waals surface area (Å²) in [6.45, 7) is 11.4. The third-order valence-electron chi connectivity index (χ3n) is 2.68. The molecule has 1 rings (SSSR count). The molecule has 1 heteroatoms. The second-order valence-electron chi connectivity index (χ2n) is 4.87. The van der Waals surface area contributed by atoms with Gasteiger partial charge < -0.3 is 0 Å². The summed E-state index contributed by atoms with van der Waals surface area (Å²) < 4.78 is 1.59. The molecule has 0 fully saturated rings. The van der Waals surface area contributed by atoms with Gasteiger partial charge in [-0.1, -0.05) is 0 Å². The van der Waals surface area contributed by atoms with Gasteiger partial charge in [0.2, 0.25) is 0 Å². The van der Waals surface area contributed by atoms with E-state index in [4.69, 9.17) is 0 Å². The fourth-order valence-electron chi connectivity index (χ4n) is 1.72. The zero-order valence-electron chi connectivity index (χ0n) is 10.1. The van der Waals surface area contributed by atoms with Crippen LogP contribution in [0.1, 0.15) is 37.5 Å². The quantitative estimate of drug-likeness (QED) is 0.700. The fraction of sp³-hybridized carbons (Fsp3) is 0.538. The zero-order valence-corrected chi connectivity index (χ0v) is 12.4. The van der Waals surface area contributed by atoms with E-state index < -0.39 is 0 Å². The second kappa shape index (κ2) is 4.25. The Labute approximate surface area is 98.2 Å². The van der Waals surface area contributed by atoms with E-state index in [1.165, 1.54) is 16.7 Å². The molecule has 0 radical (unpaired) electrons. The van der Waals surface area contributed by atoms with Crippen molar-refractivity contribution in [1.82, 2.24) is 0 Å². The Bertz CT molecular complexity index is 332. The molecule has 0 saturated carbocycles. The van der Waals surface area contributed by atoms with Gasteiger partial charge in [-0.25, -0.2) is 0 Å². The van der Waals surface area contributed by atoms with Crippen molar-refractivity contribution in [2.24, 2.45) is 0 Å². The standard InChI is InChI=1S/C13H20Te/c1-9-7-11(14-6)8-12(10(9)2)13(3,4)5/h7-8H,1-6H3. The zero-order chi connectivity index (χ0) is 10.9. The van der Waals surface area contributed by atoms with Crippen LogP contribution in [0.5, 0.6) is 0 Å². The molecule has 14 heavy (non-hydrogen) atoms. The molecule has 0 heterocycles. The number of benzene rings is 1. The van der Waals surface area contributed by atoms with Crippen LogP contribution in [-0.4, -0.2) is 20.9 Å². The summed E-state index contributed by atoms with van der Waals surface area (Å²) in [6.07, 6.45) is 0. The molecule has 0 aliphatic carbocycles. The maximum atomic E-state index is 2.42. The first-order chi connectivity index (χ1) is 6.36. The van der Waals surface area contributed by atoms with Crippen LogP contribution < -0.4 is 3.61 Å². The molecule has 0 aliphatic rings. The first-order valence-electron chi connectivity index (χ1n) is 5.02.